The lowest BCUT2D eigenvalue weighted by molar-refractivity contribution is 0.191. The first-order valence-corrected chi connectivity index (χ1v) is 8.22. The molecule has 0 amide bonds. The van der Waals surface area contributed by atoms with E-state index in [1.807, 2.05) is 6.07 Å². The molecule has 114 valence electrons. The van der Waals surface area contributed by atoms with Crippen molar-refractivity contribution in [2.75, 3.05) is 25.5 Å². The summed E-state index contributed by atoms with van der Waals surface area (Å²) >= 11 is 5.98. The Kier molecular flexibility index (Phi) is 6.35. The molecule has 1 N–H and O–H groups in total. The second kappa shape index (κ2) is 8.26. The second-order valence-electron chi connectivity index (χ2n) is 5.85. The highest BCUT2D eigenvalue weighted by atomic mass is 35.5. The lowest BCUT2D eigenvalue weighted by Crippen LogP contribution is -2.34. The maximum absolute atomic E-state index is 9.08. The molecule has 0 spiro atoms. The van der Waals surface area contributed by atoms with Crippen LogP contribution in [0.25, 0.3) is 0 Å². The number of nitrogens with zero attached hydrogens (tertiary/aromatic N) is 2. The third kappa shape index (κ3) is 4.91. The maximum Gasteiger partial charge on any atom is 0.101 e. The van der Waals surface area contributed by atoms with Gasteiger partial charge in [0, 0.05) is 17.6 Å². The van der Waals surface area contributed by atoms with E-state index in [-0.39, 0.29) is 0 Å². The van der Waals surface area contributed by atoms with Crippen LogP contribution < -0.4 is 5.32 Å². The van der Waals surface area contributed by atoms with Crippen molar-refractivity contribution in [3.63, 3.8) is 0 Å². The smallest absolute Gasteiger partial charge is 0.101 e. The van der Waals surface area contributed by atoms with Gasteiger partial charge in [0.05, 0.1) is 11.3 Å². The van der Waals surface area contributed by atoms with Crippen molar-refractivity contribution >= 4 is 17.3 Å². The van der Waals surface area contributed by atoms with E-state index in [0.29, 0.717) is 10.6 Å². The first-order valence-electron chi connectivity index (χ1n) is 7.84. The normalized spacial score (nSPS) is 15.9. The Labute approximate surface area is 132 Å². The van der Waals surface area contributed by atoms with Crippen LogP contribution in [0.2, 0.25) is 5.02 Å². The molecular weight excluding hydrogens is 282 g/mol. The zero-order chi connectivity index (χ0) is 15.1. The molecule has 1 aromatic rings. The van der Waals surface area contributed by atoms with Gasteiger partial charge in [-0.05, 0) is 51.1 Å². The van der Waals surface area contributed by atoms with Crippen LogP contribution in [-0.2, 0) is 0 Å². The minimum Gasteiger partial charge on any atom is -0.384 e. The number of nitrogens with one attached hydrogen (secondary N) is 1. The second-order valence-corrected chi connectivity index (χ2v) is 6.29. The lowest BCUT2D eigenvalue weighted by atomic mass is 9.94. The average Bonchev–Trinajstić information content (AvgIpc) is 2.52. The summed E-state index contributed by atoms with van der Waals surface area (Å²) in [6.45, 7) is 1.96. The van der Waals surface area contributed by atoms with Gasteiger partial charge < -0.3 is 10.2 Å². The van der Waals surface area contributed by atoms with Gasteiger partial charge in [-0.1, -0.05) is 30.9 Å². The van der Waals surface area contributed by atoms with Crippen LogP contribution >= 0.6 is 11.6 Å². The van der Waals surface area contributed by atoms with Crippen molar-refractivity contribution in [3.8, 4) is 6.07 Å². The number of halogens is 1. The minimum atomic E-state index is 0.653. The van der Waals surface area contributed by atoms with E-state index in [9.17, 15) is 0 Å². The molecule has 0 saturated heterocycles. The third-order valence-electron chi connectivity index (χ3n) is 4.30. The van der Waals surface area contributed by atoms with Crippen LogP contribution in [0.3, 0.4) is 0 Å². The Morgan fingerprint density at radius 1 is 1.33 bits per heavy atom. The van der Waals surface area contributed by atoms with Gasteiger partial charge in [-0.15, -0.1) is 0 Å². The number of nitriles is 1. The molecule has 0 bridgehead atoms. The minimum absolute atomic E-state index is 0.653. The predicted octanol–water partition coefficient (Wildman–Crippen LogP) is 4.28. The number of hydrogen-bond donors (Lipinski definition) is 1. The van der Waals surface area contributed by atoms with Crippen molar-refractivity contribution in [3.05, 3.63) is 28.8 Å². The van der Waals surface area contributed by atoms with Crippen molar-refractivity contribution in [2.45, 2.75) is 44.6 Å². The molecule has 0 aromatic heterocycles. The molecule has 0 radical (unpaired) electrons. The van der Waals surface area contributed by atoms with E-state index in [1.54, 1.807) is 12.1 Å². The van der Waals surface area contributed by atoms with Crippen molar-refractivity contribution in [1.82, 2.24) is 4.90 Å². The summed E-state index contributed by atoms with van der Waals surface area (Å²) in [6, 6.07) is 8.30. The van der Waals surface area contributed by atoms with Crippen LogP contribution in [0.15, 0.2) is 18.2 Å². The zero-order valence-corrected chi connectivity index (χ0v) is 13.5. The molecule has 2 rings (SSSR count). The number of benzene rings is 1. The molecule has 1 aromatic carbocycles. The van der Waals surface area contributed by atoms with Gasteiger partial charge in [-0.3, -0.25) is 0 Å². The summed E-state index contributed by atoms with van der Waals surface area (Å²) in [7, 11) is 2.23. The van der Waals surface area contributed by atoms with Gasteiger partial charge in [0.2, 0.25) is 0 Å². The molecule has 0 aliphatic heterocycles. The summed E-state index contributed by atoms with van der Waals surface area (Å²) in [5.41, 5.74) is 1.49. The van der Waals surface area contributed by atoms with E-state index in [2.05, 4.69) is 23.3 Å². The van der Waals surface area contributed by atoms with Crippen LogP contribution in [0.1, 0.15) is 44.1 Å². The van der Waals surface area contributed by atoms with Gasteiger partial charge in [0.25, 0.3) is 0 Å². The Balaban J connectivity index is 1.74. The van der Waals surface area contributed by atoms with E-state index < -0.39 is 0 Å². The molecule has 1 aliphatic rings. The molecule has 1 fully saturated rings. The molecule has 4 heteroatoms. The number of anilines is 1. The first-order chi connectivity index (χ1) is 10.2. The Hall–Kier alpha value is -1.24. The Morgan fingerprint density at radius 3 is 2.81 bits per heavy atom. The van der Waals surface area contributed by atoms with Gasteiger partial charge in [0.1, 0.15) is 6.07 Å². The third-order valence-corrected chi connectivity index (χ3v) is 4.54. The van der Waals surface area contributed by atoms with E-state index in [0.717, 1.165) is 31.2 Å². The molecule has 3 nitrogen and oxygen atoms in total. The molecule has 0 heterocycles. The Bertz CT molecular complexity index is 489. The van der Waals surface area contributed by atoms with Crippen molar-refractivity contribution in [1.29, 1.82) is 5.26 Å². The SMILES string of the molecule is CN(CCCNc1cc(Cl)ccc1C#N)C1CCCCC1. The van der Waals surface area contributed by atoms with Gasteiger partial charge in [-0.2, -0.15) is 5.26 Å². The van der Waals surface area contributed by atoms with E-state index in [4.69, 9.17) is 16.9 Å². The zero-order valence-electron chi connectivity index (χ0n) is 12.7. The van der Waals surface area contributed by atoms with Gasteiger partial charge in [-0.25, -0.2) is 0 Å². The topological polar surface area (TPSA) is 39.1 Å². The highest BCUT2D eigenvalue weighted by Gasteiger charge is 2.17. The fourth-order valence-electron chi connectivity index (χ4n) is 3.02. The molecule has 1 saturated carbocycles. The highest BCUT2D eigenvalue weighted by Crippen LogP contribution is 2.22. The highest BCUT2D eigenvalue weighted by molar-refractivity contribution is 6.30. The lowest BCUT2D eigenvalue weighted by Gasteiger charge is -2.31. The molecular formula is C17H24ClN3. The summed E-state index contributed by atoms with van der Waals surface area (Å²) in [4.78, 5) is 2.49. The van der Waals surface area contributed by atoms with Gasteiger partial charge in [0.15, 0.2) is 0 Å². The first kappa shape index (κ1) is 16.1. The van der Waals surface area contributed by atoms with Crippen LogP contribution in [0.5, 0.6) is 0 Å². The molecule has 21 heavy (non-hydrogen) atoms. The maximum atomic E-state index is 9.08. The van der Waals surface area contributed by atoms with Crippen LogP contribution in [-0.4, -0.2) is 31.1 Å². The Morgan fingerprint density at radius 2 is 2.10 bits per heavy atom. The predicted molar refractivity (Wildman–Crippen MR) is 88.8 cm³/mol. The summed E-state index contributed by atoms with van der Waals surface area (Å²) in [5, 5.41) is 13.1. The molecule has 0 atom stereocenters. The summed E-state index contributed by atoms with van der Waals surface area (Å²) in [5.74, 6) is 0. The largest absolute Gasteiger partial charge is 0.384 e. The molecule has 0 unspecified atom stereocenters. The van der Waals surface area contributed by atoms with Crippen molar-refractivity contribution in [2.24, 2.45) is 0 Å². The number of rotatable bonds is 6. The standard InChI is InChI=1S/C17H24ClN3/c1-21(16-6-3-2-4-7-16)11-5-10-20-17-12-15(18)9-8-14(17)13-19/h8-9,12,16,20H,2-7,10-11H2,1H3. The van der Waals surface area contributed by atoms with Gasteiger partial charge >= 0.3 is 0 Å². The number of hydrogen-bond acceptors (Lipinski definition) is 3. The van der Waals surface area contributed by atoms with E-state index in [1.165, 1.54) is 32.1 Å². The fourth-order valence-corrected chi connectivity index (χ4v) is 3.19. The van der Waals surface area contributed by atoms with E-state index >= 15 is 0 Å². The summed E-state index contributed by atoms with van der Waals surface area (Å²) in [6.07, 6.45) is 7.91. The van der Waals surface area contributed by atoms with Crippen LogP contribution in [0, 0.1) is 11.3 Å². The molecule has 1 aliphatic carbocycles. The quantitative estimate of drug-likeness (QED) is 0.797. The average molecular weight is 306 g/mol. The van der Waals surface area contributed by atoms with Crippen LogP contribution in [0.4, 0.5) is 5.69 Å². The fraction of sp³-hybridized carbons (Fsp3) is 0.588. The monoisotopic (exact) mass is 305 g/mol. The van der Waals surface area contributed by atoms with Crippen molar-refractivity contribution < 1.29 is 0 Å². The summed E-state index contributed by atoms with van der Waals surface area (Å²) < 4.78 is 0.